The molecule has 0 saturated carbocycles. The highest BCUT2D eigenvalue weighted by molar-refractivity contribution is 7.13. The van der Waals surface area contributed by atoms with Gasteiger partial charge in [-0.3, -0.25) is 0 Å². The molecule has 1 aromatic carbocycles. The van der Waals surface area contributed by atoms with Crippen molar-refractivity contribution in [1.29, 1.82) is 0 Å². The van der Waals surface area contributed by atoms with Crippen LogP contribution in [0.3, 0.4) is 0 Å². The molecule has 120 valence electrons. The van der Waals surface area contributed by atoms with Gasteiger partial charge in [0, 0.05) is 5.56 Å². The lowest BCUT2D eigenvalue weighted by atomic mass is 10.2. The van der Waals surface area contributed by atoms with E-state index in [1.807, 2.05) is 29.6 Å². The second kappa shape index (κ2) is 6.93. The van der Waals surface area contributed by atoms with Gasteiger partial charge in [0.1, 0.15) is 12.3 Å². The lowest BCUT2D eigenvalue weighted by molar-refractivity contribution is -0.925. The number of quaternary nitrogens is 1. The molecule has 1 unspecified atom stereocenters. The molecule has 0 amide bonds. The molecule has 0 bridgehead atoms. The van der Waals surface area contributed by atoms with Gasteiger partial charge in [0.25, 0.3) is 11.8 Å². The van der Waals surface area contributed by atoms with E-state index in [1.165, 1.54) is 10.5 Å². The summed E-state index contributed by atoms with van der Waals surface area (Å²) >= 11 is 1.60. The van der Waals surface area contributed by atoms with Crippen LogP contribution < -0.4 is 9.64 Å². The number of aromatic nitrogens is 2. The first kappa shape index (κ1) is 15.7. The van der Waals surface area contributed by atoms with Crippen molar-refractivity contribution in [2.75, 3.05) is 14.2 Å². The number of ether oxygens (including phenoxy) is 1. The Kier molecular flexibility index (Phi) is 4.73. The van der Waals surface area contributed by atoms with Crippen molar-refractivity contribution in [3.63, 3.8) is 0 Å². The van der Waals surface area contributed by atoms with Gasteiger partial charge in [0.2, 0.25) is 0 Å². The van der Waals surface area contributed by atoms with Crippen LogP contribution in [0.4, 0.5) is 0 Å². The molecular formula is C17H20N3O2S+. The van der Waals surface area contributed by atoms with Crippen LogP contribution in [0.1, 0.15) is 24.4 Å². The van der Waals surface area contributed by atoms with E-state index < -0.39 is 0 Å². The fourth-order valence-electron chi connectivity index (χ4n) is 2.38. The molecule has 1 N–H and O–H groups in total. The fourth-order valence-corrected chi connectivity index (χ4v) is 3.02. The van der Waals surface area contributed by atoms with Crippen LogP contribution in [0, 0.1) is 0 Å². The lowest BCUT2D eigenvalue weighted by Gasteiger charge is -2.19. The quantitative estimate of drug-likeness (QED) is 0.755. The van der Waals surface area contributed by atoms with Crippen LogP contribution in [-0.2, 0) is 6.54 Å². The summed E-state index contributed by atoms with van der Waals surface area (Å²) in [6, 6.07) is 12.2. The topological polar surface area (TPSA) is 52.6 Å². The maximum atomic E-state index is 5.84. The van der Waals surface area contributed by atoms with Crippen molar-refractivity contribution in [2.45, 2.75) is 19.5 Å². The third-order valence-corrected chi connectivity index (χ3v) is 4.76. The van der Waals surface area contributed by atoms with Gasteiger partial charge in [-0.1, -0.05) is 18.2 Å². The van der Waals surface area contributed by atoms with Gasteiger partial charge in [-0.2, -0.15) is 0 Å². The van der Waals surface area contributed by atoms with Gasteiger partial charge in [0.05, 0.1) is 19.0 Å². The van der Waals surface area contributed by atoms with Crippen molar-refractivity contribution in [3.05, 3.63) is 53.2 Å². The normalized spacial score (nSPS) is 13.7. The van der Waals surface area contributed by atoms with E-state index in [9.17, 15) is 0 Å². The minimum absolute atomic E-state index is 0.113. The van der Waals surface area contributed by atoms with Gasteiger partial charge in [0.15, 0.2) is 6.04 Å². The van der Waals surface area contributed by atoms with Crippen LogP contribution in [-0.4, -0.2) is 24.4 Å². The Morgan fingerprint density at radius 2 is 2.13 bits per heavy atom. The molecule has 0 fully saturated rings. The molecular weight excluding hydrogens is 310 g/mol. The van der Waals surface area contributed by atoms with Crippen molar-refractivity contribution in [3.8, 4) is 16.5 Å². The van der Waals surface area contributed by atoms with E-state index in [2.05, 4.69) is 36.3 Å². The Labute approximate surface area is 139 Å². The summed E-state index contributed by atoms with van der Waals surface area (Å²) in [6.45, 7) is 2.95. The van der Waals surface area contributed by atoms with Crippen LogP contribution in [0.5, 0.6) is 5.75 Å². The third-order valence-electron chi connectivity index (χ3n) is 3.90. The van der Waals surface area contributed by atoms with Crippen LogP contribution >= 0.6 is 11.3 Å². The summed E-state index contributed by atoms with van der Waals surface area (Å²) in [5.74, 6) is 2.13. The molecule has 5 nitrogen and oxygen atoms in total. The number of rotatable bonds is 6. The van der Waals surface area contributed by atoms with Crippen molar-refractivity contribution < 1.29 is 14.1 Å². The first-order valence-electron chi connectivity index (χ1n) is 7.50. The summed E-state index contributed by atoms with van der Waals surface area (Å²) in [6.07, 6.45) is 0. The average Bonchev–Trinajstić information content (AvgIpc) is 3.25. The number of methoxy groups -OCH3 is 1. The maximum Gasteiger partial charge on any atom is 0.274 e. The summed E-state index contributed by atoms with van der Waals surface area (Å²) in [5, 5.41) is 10.4. The molecule has 0 aliphatic carbocycles. The number of nitrogens with zero attached hydrogens (tertiary/aromatic N) is 2. The van der Waals surface area contributed by atoms with Gasteiger partial charge in [-0.25, -0.2) is 0 Å². The molecule has 6 heteroatoms. The van der Waals surface area contributed by atoms with E-state index in [4.69, 9.17) is 9.15 Å². The van der Waals surface area contributed by atoms with Crippen molar-refractivity contribution in [1.82, 2.24) is 10.2 Å². The molecule has 0 saturated heterocycles. The van der Waals surface area contributed by atoms with Crippen molar-refractivity contribution >= 4 is 11.3 Å². The highest BCUT2D eigenvalue weighted by Crippen LogP contribution is 2.24. The Balaban J connectivity index is 1.70. The molecule has 2 aromatic heterocycles. The number of hydrogen-bond acceptors (Lipinski definition) is 5. The summed E-state index contributed by atoms with van der Waals surface area (Å²) < 4.78 is 11.1. The zero-order chi connectivity index (χ0) is 16.2. The number of nitrogens with one attached hydrogen (secondary N) is 1. The van der Waals surface area contributed by atoms with Crippen LogP contribution in [0.2, 0.25) is 0 Å². The summed E-state index contributed by atoms with van der Waals surface area (Å²) in [7, 11) is 3.81. The molecule has 2 atom stereocenters. The van der Waals surface area contributed by atoms with Gasteiger partial charge < -0.3 is 14.1 Å². The van der Waals surface area contributed by atoms with Gasteiger partial charge in [-0.15, -0.1) is 21.5 Å². The molecule has 23 heavy (non-hydrogen) atoms. The Morgan fingerprint density at radius 1 is 1.26 bits per heavy atom. The van der Waals surface area contributed by atoms with Gasteiger partial charge >= 0.3 is 0 Å². The molecule has 3 rings (SSSR count). The first-order valence-corrected chi connectivity index (χ1v) is 8.38. The zero-order valence-corrected chi connectivity index (χ0v) is 14.3. The smallest absolute Gasteiger partial charge is 0.274 e. The van der Waals surface area contributed by atoms with E-state index >= 15 is 0 Å². The van der Waals surface area contributed by atoms with Crippen LogP contribution in [0.25, 0.3) is 10.8 Å². The maximum absolute atomic E-state index is 5.84. The molecule has 3 aromatic rings. The minimum atomic E-state index is 0.113. The highest BCUT2D eigenvalue weighted by Gasteiger charge is 2.23. The lowest BCUT2D eigenvalue weighted by Crippen LogP contribution is -3.07. The monoisotopic (exact) mass is 330 g/mol. The zero-order valence-electron chi connectivity index (χ0n) is 13.4. The predicted octanol–water partition coefficient (Wildman–Crippen LogP) is 2.58. The number of benzene rings is 1. The Morgan fingerprint density at radius 3 is 2.87 bits per heavy atom. The molecule has 0 aliphatic rings. The number of hydrogen-bond donors (Lipinski definition) is 1. The molecule has 0 aliphatic heterocycles. The van der Waals surface area contributed by atoms with E-state index in [0.717, 1.165) is 17.2 Å². The van der Waals surface area contributed by atoms with Crippen LogP contribution in [0.15, 0.2) is 46.2 Å². The van der Waals surface area contributed by atoms with Gasteiger partial charge in [-0.05, 0) is 30.5 Å². The molecule has 2 heterocycles. The van der Waals surface area contributed by atoms with E-state index in [1.54, 1.807) is 18.4 Å². The molecule has 0 spiro atoms. The molecule has 0 radical (unpaired) electrons. The summed E-state index contributed by atoms with van der Waals surface area (Å²) in [4.78, 5) is 2.28. The Bertz CT molecular complexity index is 755. The average molecular weight is 330 g/mol. The third kappa shape index (κ3) is 3.60. The Hall–Kier alpha value is -2.18. The van der Waals surface area contributed by atoms with E-state index in [-0.39, 0.29) is 6.04 Å². The fraction of sp³-hybridized carbons (Fsp3) is 0.294. The SMILES string of the molecule is COc1cccc(C[NH+](C)[C@@H](C)c2nnc(-c3cccs3)o2)c1. The predicted molar refractivity (Wildman–Crippen MR) is 89.6 cm³/mol. The standard InChI is InChI=1S/C17H19N3O2S/c1-12(16-18-19-17(22-16)15-8-5-9-23-15)20(2)11-13-6-4-7-14(10-13)21-3/h4-10,12H,11H2,1-3H3/p+1/t12-/m0/s1. The first-order chi connectivity index (χ1) is 11.2. The highest BCUT2D eigenvalue weighted by atomic mass is 32.1. The number of thiophene rings is 1. The second-order valence-electron chi connectivity index (χ2n) is 5.52. The van der Waals surface area contributed by atoms with Crippen molar-refractivity contribution in [2.24, 2.45) is 0 Å². The summed E-state index contributed by atoms with van der Waals surface area (Å²) in [5.41, 5.74) is 1.21. The minimum Gasteiger partial charge on any atom is -0.497 e. The second-order valence-corrected chi connectivity index (χ2v) is 6.47. The largest absolute Gasteiger partial charge is 0.497 e. The van der Waals surface area contributed by atoms with E-state index in [0.29, 0.717) is 11.8 Å².